The minimum Gasteiger partial charge on any atom is -0.507 e. The van der Waals surface area contributed by atoms with Crippen molar-refractivity contribution in [3.05, 3.63) is 83.4 Å². The van der Waals surface area contributed by atoms with Crippen LogP contribution in [0.2, 0.25) is 0 Å². The zero-order valence-electron chi connectivity index (χ0n) is 17.9. The van der Waals surface area contributed by atoms with Crippen LogP contribution in [0.15, 0.2) is 66.7 Å². The van der Waals surface area contributed by atoms with Crippen molar-refractivity contribution < 1.29 is 29.3 Å². The molecule has 0 saturated carbocycles. The van der Waals surface area contributed by atoms with Gasteiger partial charge in [-0.05, 0) is 46.4 Å². The number of fused-ring (bicyclic) bond motifs is 3. The molecular weight excluding hydrogens is 436 g/mol. The molecule has 0 bridgehead atoms. The molecule has 1 aliphatic rings. The third kappa shape index (κ3) is 4.84. The van der Waals surface area contributed by atoms with E-state index in [1.54, 1.807) is 0 Å². The zero-order chi connectivity index (χ0) is 24.1. The van der Waals surface area contributed by atoms with Gasteiger partial charge >= 0.3 is 12.1 Å². The molecule has 34 heavy (non-hydrogen) atoms. The van der Waals surface area contributed by atoms with Gasteiger partial charge in [0, 0.05) is 11.6 Å². The fourth-order valence-corrected chi connectivity index (χ4v) is 3.84. The summed E-state index contributed by atoms with van der Waals surface area (Å²) in [6.45, 7) is 0.0561. The maximum Gasteiger partial charge on any atom is 0.407 e. The summed E-state index contributed by atoms with van der Waals surface area (Å²) >= 11 is 0. The highest BCUT2D eigenvalue weighted by Crippen LogP contribution is 2.44. The molecule has 0 saturated heterocycles. The molecule has 0 aliphatic heterocycles. The van der Waals surface area contributed by atoms with E-state index in [1.807, 2.05) is 36.4 Å². The molecule has 4 N–H and O–H groups in total. The number of nitrogens with one attached hydrogen (secondary N) is 2. The van der Waals surface area contributed by atoms with Crippen molar-refractivity contribution in [2.45, 2.75) is 5.92 Å². The predicted octanol–water partition coefficient (Wildman–Crippen LogP) is 3.57. The molecule has 0 fully saturated rings. The second-order valence-corrected chi connectivity index (χ2v) is 7.47. The van der Waals surface area contributed by atoms with Gasteiger partial charge in [0.25, 0.3) is 5.91 Å². The van der Waals surface area contributed by atoms with Crippen LogP contribution >= 0.6 is 0 Å². The number of carboxylic acids is 1. The first-order valence-corrected chi connectivity index (χ1v) is 10.4. The number of carbonyl (C=O) groups excluding carboxylic acids is 2. The summed E-state index contributed by atoms with van der Waals surface area (Å²) in [5.74, 6) is 2.30. The monoisotopic (exact) mass is 456 g/mol. The number of carbonyl (C=O) groups is 3. The number of benzene rings is 3. The summed E-state index contributed by atoms with van der Waals surface area (Å²) in [4.78, 5) is 35.1. The molecule has 0 unspecified atom stereocenters. The third-order valence-corrected chi connectivity index (χ3v) is 5.35. The number of rotatable bonds is 5. The lowest BCUT2D eigenvalue weighted by molar-refractivity contribution is -0.111. The van der Waals surface area contributed by atoms with Gasteiger partial charge < -0.3 is 25.6 Å². The van der Waals surface area contributed by atoms with Crippen molar-refractivity contribution in [3.63, 3.8) is 0 Å². The summed E-state index contributed by atoms with van der Waals surface area (Å²) in [6, 6.07) is 19.6. The molecule has 4 rings (SSSR count). The number of hydrogen-bond donors (Lipinski definition) is 4. The summed E-state index contributed by atoms with van der Waals surface area (Å²) < 4.78 is 5.39. The van der Waals surface area contributed by atoms with E-state index >= 15 is 0 Å². The lowest BCUT2D eigenvalue weighted by atomic mass is 9.98. The molecular formula is C26H20N2O6. The van der Waals surface area contributed by atoms with E-state index in [-0.39, 0.29) is 30.3 Å². The maximum atomic E-state index is 12.1. The maximum absolute atomic E-state index is 12.1. The van der Waals surface area contributed by atoms with Gasteiger partial charge in [-0.15, -0.1) is 0 Å². The van der Waals surface area contributed by atoms with Crippen LogP contribution in [0.5, 0.6) is 5.75 Å². The van der Waals surface area contributed by atoms with Gasteiger partial charge in [-0.3, -0.25) is 4.79 Å². The van der Waals surface area contributed by atoms with Gasteiger partial charge in [-0.25, -0.2) is 9.59 Å². The van der Waals surface area contributed by atoms with E-state index in [9.17, 15) is 19.5 Å². The summed E-state index contributed by atoms with van der Waals surface area (Å²) in [5, 5.41) is 23.4. The minimum atomic E-state index is -1.33. The highest BCUT2D eigenvalue weighted by Gasteiger charge is 2.28. The number of alkyl carbamates (subject to hydrolysis) is 1. The Hall–Kier alpha value is -4.77. The van der Waals surface area contributed by atoms with Crippen LogP contribution in [-0.4, -0.2) is 41.3 Å². The van der Waals surface area contributed by atoms with Crippen molar-refractivity contribution in [3.8, 4) is 28.7 Å². The first-order valence-electron chi connectivity index (χ1n) is 10.4. The average Bonchev–Trinajstić information content (AvgIpc) is 3.15. The number of hydrogen-bond acceptors (Lipinski definition) is 5. The smallest absolute Gasteiger partial charge is 0.407 e. The van der Waals surface area contributed by atoms with E-state index in [0.29, 0.717) is 0 Å². The molecule has 0 atom stereocenters. The summed E-state index contributed by atoms with van der Waals surface area (Å²) in [7, 11) is 0. The Morgan fingerprint density at radius 2 is 1.59 bits per heavy atom. The lowest BCUT2D eigenvalue weighted by Crippen LogP contribution is -2.26. The van der Waals surface area contributed by atoms with Crippen molar-refractivity contribution in [1.82, 2.24) is 5.32 Å². The molecule has 1 aliphatic carbocycles. The third-order valence-electron chi connectivity index (χ3n) is 5.35. The number of carboxylic acid groups (broad SMARTS) is 1. The van der Waals surface area contributed by atoms with Gasteiger partial charge in [0.1, 0.15) is 17.9 Å². The number of anilines is 1. The largest absolute Gasteiger partial charge is 0.507 e. The first kappa shape index (κ1) is 22.4. The number of aromatic carboxylic acids is 1. The molecule has 3 aromatic carbocycles. The van der Waals surface area contributed by atoms with E-state index in [4.69, 9.17) is 9.84 Å². The molecule has 3 aromatic rings. The van der Waals surface area contributed by atoms with Gasteiger partial charge in [-0.1, -0.05) is 54.5 Å². The highest BCUT2D eigenvalue weighted by molar-refractivity contribution is 6.04. The van der Waals surface area contributed by atoms with E-state index < -0.39 is 23.7 Å². The van der Waals surface area contributed by atoms with Crippen molar-refractivity contribution >= 4 is 23.7 Å². The van der Waals surface area contributed by atoms with Crippen LogP contribution in [0.25, 0.3) is 11.1 Å². The Kier molecular flexibility index (Phi) is 6.46. The Morgan fingerprint density at radius 1 is 0.941 bits per heavy atom. The minimum absolute atomic E-state index is 0.0592. The van der Waals surface area contributed by atoms with Crippen molar-refractivity contribution in [1.29, 1.82) is 0 Å². The van der Waals surface area contributed by atoms with Crippen molar-refractivity contribution in [2.24, 2.45) is 0 Å². The van der Waals surface area contributed by atoms with E-state index in [2.05, 4.69) is 34.6 Å². The first-order chi connectivity index (χ1) is 16.4. The Morgan fingerprint density at radius 3 is 2.24 bits per heavy atom. The summed E-state index contributed by atoms with van der Waals surface area (Å²) in [5.41, 5.74) is 4.30. The second kappa shape index (κ2) is 9.79. The Labute approximate surface area is 195 Å². The molecule has 2 amide bonds. The second-order valence-electron chi connectivity index (χ2n) is 7.47. The molecule has 170 valence electrons. The topological polar surface area (TPSA) is 125 Å². The molecule has 8 heteroatoms. The van der Waals surface area contributed by atoms with Crippen LogP contribution < -0.4 is 10.6 Å². The van der Waals surface area contributed by atoms with Gasteiger partial charge in [0.15, 0.2) is 0 Å². The van der Waals surface area contributed by atoms with Gasteiger partial charge in [0.2, 0.25) is 0 Å². The van der Waals surface area contributed by atoms with Crippen LogP contribution in [0.3, 0.4) is 0 Å². The summed E-state index contributed by atoms with van der Waals surface area (Å²) in [6.07, 6.45) is -0.652. The van der Waals surface area contributed by atoms with Crippen LogP contribution in [0.1, 0.15) is 27.4 Å². The van der Waals surface area contributed by atoms with Gasteiger partial charge in [-0.2, -0.15) is 0 Å². The lowest BCUT2D eigenvalue weighted by Gasteiger charge is -2.14. The average molecular weight is 456 g/mol. The van der Waals surface area contributed by atoms with E-state index in [0.717, 1.165) is 34.4 Å². The quantitative estimate of drug-likeness (QED) is 0.344. The molecule has 0 radical (unpaired) electrons. The van der Waals surface area contributed by atoms with Crippen LogP contribution in [-0.2, 0) is 9.53 Å². The number of amides is 2. The Bertz CT molecular complexity index is 1290. The number of phenols is 1. The molecule has 0 heterocycles. The van der Waals surface area contributed by atoms with Crippen molar-refractivity contribution in [2.75, 3.05) is 18.5 Å². The fourth-order valence-electron chi connectivity index (χ4n) is 3.84. The van der Waals surface area contributed by atoms with Crippen LogP contribution in [0, 0.1) is 11.8 Å². The predicted molar refractivity (Wildman–Crippen MR) is 125 cm³/mol. The molecule has 8 nitrogen and oxygen atoms in total. The molecule has 0 spiro atoms. The fraction of sp³-hybridized carbons (Fsp3) is 0.115. The van der Waals surface area contributed by atoms with Gasteiger partial charge in [0.05, 0.1) is 6.54 Å². The molecule has 0 aromatic heterocycles. The number of aromatic hydroxyl groups is 1. The van der Waals surface area contributed by atoms with E-state index in [1.165, 1.54) is 6.07 Å². The SMILES string of the molecule is O=C(C#CCNC(=O)OCC1c2ccccc2-c2ccccc21)Nc1ccc(O)c(C(=O)O)c1. The number of ether oxygens (including phenoxy) is 1. The zero-order valence-corrected chi connectivity index (χ0v) is 17.9. The normalized spacial score (nSPS) is 11.4. The highest BCUT2D eigenvalue weighted by atomic mass is 16.5. The van der Waals surface area contributed by atoms with Crippen LogP contribution in [0.4, 0.5) is 10.5 Å². The standard InChI is InChI=1S/C26H20N2O6/c29-23-12-11-16(14-21(23)25(31)32)28-24(30)10-5-13-27-26(33)34-15-22-19-8-3-1-6-17(19)18-7-2-4-9-20(18)22/h1-4,6-9,11-12,14,22,29H,13,15H2,(H,27,33)(H,28,30)(H,31,32). The Balaban J connectivity index is 1.28.